The van der Waals surface area contributed by atoms with Crippen molar-refractivity contribution in [1.82, 2.24) is 14.3 Å². The van der Waals surface area contributed by atoms with Crippen LogP contribution in [0, 0.1) is 15.9 Å². The maximum absolute atomic E-state index is 14.3. The summed E-state index contributed by atoms with van der Waals surface area (Å²) in [5, 5.41) is 11.8. The molecule has 0 spiro atoms. The minimum atomic E-state index is -4.40. The maximum Gasteiger partial charge on any atom is 0.269 e. The number of rotatable bonds is 8. The predicted octanol–water partition coefficient (Wildman–Crippen LogP) is 5.20. The van der Waals surface area contributed by atoms with Gasteiger partial charge < -0.3 is 9.64 Å². The second-order valence-corrected chi connectivity index (χ2v) is 12.6. The van der Waals surface area contributed by atoms with Gasteiger partial charge in [0.05, 0.1) is 15.4 Å². The first-order valence-corrected chi connectivity index (χ1v) is 15.4. The molecule has 3 aromatic carbocycles. The first-order chi connectivity index (χ1) is 21.4. The molecule has 1 amide bonds. The van der Waals surface area contributed by atoms with Gasteiger partial charge in [-0.25, -0.2) is 22.8 Å². The van der Waals surface area contributed by atoms with E-state index in [4.69, 9.17) is 16.3 Å². The van der Waals surface area contributed by atoms with Crippen LogP contribution in [0.15, 0.2) is 84.0 Å². The summed E-state index contributed by atoms with van der Waals surface area (Å²) < 4.78 is 49.2. The van der Waals surface area contributed by atoms with Crippen LogP contribution in [0.4, 0.5) is 21.7 Å². The van der Waals surface area contributed by atoms with Gasteiger partial charge in [0.1, 0.15) is 23.8 Å². The van der Waals surface area contributed by atoms with Gasteiger partial charge in [-0.2, -0.15) is 4.31 Å². The monoisotopic (exact) mass is 654 g/mol. The lowest BCUT2D eigenvalue weighted by Crippen LogP contribution is -2.46. The Morgan fingerprint density at radius 1 is 1.09 bits per heavy atom. The van der Waals surface area contributed by atoms with Gasteiger partial charge in [0.25, 0.3) is 11.6 Å². The van der Waals surface area contributed by atoms with Crippen LogP contribution in [0.25, 0.3) is 0 Å². The van der Waals surface area contributed by atoms with E-state index in [9.17, 15) is 27.7 Å². The first kappa shape index (κ1) is 31.9. The standard InChI is InChI=1S/C30H28ClFN6O6S/c1-19-16-36(29(39)21-6-10-23(32)11-7-21)28-26(27(33-18-34-28)35(2)17-20-4-8-22(31)9-5-20)30(44-3)37(19)45(42,43)25-14-12-24(13-15-25)38(40)41/h4-15,18-19,30H,16-17H2,1-3H3/t19-,30+/m1/s1. The lowest BCUT2D eigenvalue weighted by molar-refractivity contribution is -0.384. The molecule has 234 valence electrons. The number of benzene rings is 3. The van der Waals surface area contributed by atoms with Gasteiger partial charge in [0.15, 0.2) is 6.23 Å². The molecule has 15 heteroatoms. The molecular formula is C30H28ClFN6O6S. The van der Waals surface area contributed by atoms with Gasteiger partial charge in [-0.3, -0.25) is 19.8 Å². The lowest BCUT2D eigenvalue weighted by atomic mass is 10.1. The molecule has 0 aliphatic carbocycles. The fraction of sp³-hybridized carbons (Fsp3) is 0.233. The number of nitro groups is 1. The molecule has 0 fully saturated rings. The zero-order valence-corrected chi connectivity index (χ0v) is 25.9. The van der Waals surface area contributed by atoms with Crippen LogP contribution in [0.2, 0.25) is 5.02 Å². The van der Waals surface area contributed by atoms with Crippen molar-refractivity contribution in [2.45, 2.75) is 30.6 Å². The van der Waals surface area contributed by atoms with Crippen LogP contribution in [0.3, 0.4) is 0 Å². The zero-order valence-electron chi connectivity index (χ0n) is 24.4. The third kappa shape index (κ3) is 6.35. The number of hydrogen-bond donors (Lipinski definition) is 0. The van der Waals surface area contributed by atoms with Gasteiger partial charge in [0.2, 0.25) is 10.0 Å². The molecule has 12 nitrogen and oxygen atoms in total. The minimum Gasteiger partial charge on any atom is -0.361 e. The van der Waals surface area contributed by atoms with E-state index in [1.54, 1.807) is 31.0 Å². The van der Waals surface area contributed by atoms with Gasteiger partial charge in [-0.1, -0.05) is 23.7 Å². The van der Waals surface area contributed by atoms with E-state index in [1.807, 2.05) is 12.1 Å². The highest BCUT2D eigenvalue weighted by Crippen LogP contribution is 2.42. The summed E-state index contributed by atoms with van der Waals surface area (Å²) in [6, 6.07) is 15.7. The van der Waals surface area contributed by atoms with Crippen molar-refractivity contribution < 1.29 is 27.3 Å². The second kappa shape index (κ2) is 12.9. The summed E-state index contributed by atoms with van der Waals surface area (Å²) in [6.07, 6.45) is -0.0555. The third-order valence-electron chi connectivity index (χ3n) is 7.33. The zero-order chi connectivity index (χ0) is 32.5. The summed E-state index contributed by atoms with van der Waals surface area (Å²) in [7, 11) is -1.32. The number of nitrogens with zero attached hydrogens (tertiary/aromatic N) is 6. The number of non-ortho nitro benzene ring substituents is 1. The first-order valence-electron chi connectivity index (χ1n) is 13.6. The SMILES string of the molecule is CO[C@H]1c2c(N(C)Cc3ccc(Cl)cc3)ncnc2N(C(=O)c2ccc(F)cc2)C[C@@H](C)N1S(=O)(=O)c1ccc([N+](=O)[O-])cc1. The molecule has 2 heterocycles. The smallest absolute Gasteiger partial charge is 0.269 e. The molecule has 1 aliphatic heterocycles. The number of aromatic nitrogens is 2. The largest absolute Gasteiger partial charge is 0.361 e. The van der Waals surface area contributed by atoms with E-state index in [-0.39, 0.29) is 39.9 Å². The minimum absolute atomic E-state index is 0.109. The molecule has 1 aliphatic rings. The average molecular weight is 655 g/mol. The van der Waals surface area contributed by atoms with Gasteiger partial charge in [-0.15, -0.1) is 0 Å². The molecule has 4 aromatic rings. The quantitative estimate of drug-likeness (QED) is 0.185. The van der Waals surface area contributed by atoms with Gasteiger partial charge in [-0.05, 0) is 61.0 Å². The average Bonchev–Trinajstić information content (AvgIpc) is 3.16. The lowest BCUT2D eigenvalue weighted by Gasteiger charge is -2.33. The molecule has 0 unspecified atom stereocenters. The van der Waals surface area contributed by atoms with E-state index in [0.29, 0.717) is 11.6 Å². The number of nitro benzene ring substituents is 1. The molecule has 2 atom stereocenters. The Hall–Kier alpha value is -4.50. The fourth-order valence-electron chi connectivity index (χ4n) is 5.22. The molecule has 0 bridgehead atoms. The van der Waals surface area contributed by atoms with E-state index in [1.165, 1.54) is 30.5 Å². The Bertz CT molecular complexity index is 1830. The normalized spacial score (nSPS) is 17.0. The Labute approximate surface area is 263 Å². The number of methoxy groups -OCH3 is 1. The van der Waals surface area contributed by atoms with Crippen molar-refractivity contribution in [3.8, 4) is 0 Å². The molecule has 5 rings (SSSR count). The van der Waals surface area contributed by atoms with E-state index >= 15 is 0 Å². The third-order valence-corrected chi connectivity index (χ3v) is 9.56. The second-order valence-electron chi connectivity index (χ2n) is 10.4. The summed E-state index contributed by atoms with van der Waals surface area (Å²) in [5.74, 6) is -0.670. The molecule has 0 saturated heterocycles. The maximum atomic E-state index is 14.3. The summed E-state index contributed by atoms with van der Waals surface area (Å²) in [4.78, 5) is 36.4. The Morgan fingerprint density at radius 2 is 1.73 bits per heavy atom. The number of carbonyl (C=O) groups excluding carboxylic acids is 1. The number of anilines is 2. The van der Waals surface area contributed by atoms with Crippen molar-refractivity contribution in [1.29, 1.82) is 0 Å². The molecule has 0 radical (unpaired) electrons. The van der Waals surface area contributed by atoms with Crippen molar-refractivity contribution >= 4 is 44.9 Å². The highest BCUT2D eigenvalue weighted by molar-refractivity contribution is 7.89. The van der Waals surface area contributed by atoms with Crippen LogP contribution in [-0.2, 0) is 21.3 Å². The van der Waals surface area contributed by atoms with Crippen molar-refractivity contribution in [3.05, 3.63) is 117 Å². The van der Waals surface area contributed by atoms with E-state index in [2.05, 4.69) is 9.97 Å². The Morgan fingerprint density at radius 3 is 2.33 bits per heavy atom. The number of halogens is 2. The molecule has 0 saturated carbocycles. The highest BCUT2D eigenvalue weighted by atomic mass is 35.5. The molecule has 45 heavy (non-hydrogen) atoms. The van der Waals surface area contributed by atoms with Crippen LogP contribution < -0.4 is 9.80 Å². The van der Waals surface area contributed by atoms with E-state index in [0.717, 1.165) is 46.3 Å². The number of carbonyl (C=O) groups is 1. The van der Waals surface area contributed by atoms with Gasteiger partial charge >= 0.3 is 0 Å². The number of ether oxygens (including phenoxy) is 1. The number of sulfonamides is 1. The summed E-state index contributed by atoms with van der Waals surface area (Å²) in [5.41, 5.74) is 0.952. The van der Waals surface area contributed by atoms with Gasteiger partial charge in [0, 0.05) is 56.0 Å². The van der Waals surface area contributed by atoms with Crippen molar-refractivity contribution in [2.24, 2.45) is 0 Å². The molecule has 1 aromatic heterocycles. The summed E-state index contributed by atoms with van der Waals surface area (Å²) >= 11 is 6.06. The van der Waals surface area contributed by atoms with E-state index < -0.39 is 38.9 Å². The van der Waals surface area contributed by atoms with Crippen LogP contribution in [-0.4, -0.2) is 60.3 Å². The van der Waals surface area contributed by atoms with Crippen LogP contribution in [0.1, 0.15) is 34.6 Å². The molecular weight excluding hydrogens is 627 g/mol. The Kier molecular flexibility index (Phi) is 9.11. The Balaban J connectivity index is 1.68. The molecule has 0 N–H and O–H groups in total. The van der Waals surface area contributed by atoms with Crippen LogP contribution in [0.5, 0.6) is 0 Å². The van der Waals surface area contributed by atoms with Crippen molar-refractivity contribution in [3.63, 3.8) is 0 Å². The highest BCUT2D eigenvalue weighted by Gasteiger charge is 2.45. The number of hydrogen-bond acceptors (Lipinski definition) is 9. The summed E-state index contributed by atoms with van der Waals surface area (Å²) in [6.45, 7) is 1.77. The topological polar surface area (TPSA) is 139 Å². The van der Waals surface area contributed by atoms with Crippen LogP contribution >= 0.6 is 11.6 Å². The number of amides is 1. The van der Waals surface area contributed by atoms with Crippen molar-refractivity contribution in [2.75, 3.05) is 30.5 Å². The number of fused-ring (bicyclic) bond motifs is 1. The fourth-order valence-corrected chi connectivity index (χ4v) is 7.05. The predicted molar refractivity (Wildman–Crippen MR) is 165 cm³/mol.